The molecule has 1 aliphatic carbocycles. The van der Waals surface area contributed by atoms with Gasteiger partial charge in [0.05, 0.1) is 36.8 Å². The van der Waals surface area contributed by atoms with Crippen LogP contribution in [0.25, 0.3) is 0 Å². The molecule has 10 nitrogen and oxygen atoms in total. The number of likely N-dealkylation sites (N-methyl/N-ethyl adjacent to an activating group) is 2. The average molecular weight is 754 g/mol. The molecule has 2 heterocycles. The number of carbonyl (C=O) groups excluding carboxylic acids is 4. The maximum atomic E-state index is 14.4. The summed E-state index contributed by atoms with van der Waals surface area (Å²) in [6.45, 7) is 11.2. The molecule has 0 unspecified atom stereocenters. The van der Waals surface area contributed by atoms with Crippen molar-refractivity contribution >= 4 is 23.4 Å². The number of fused-ring (bicyclic) bond motifs is 2. The van der Waals surface area contributed by atoms with E-state index >= 15 is 0 Å². The summed E-state index contributed by atoms with van der Waals surface area (Å²) in [5.41, 5.74) is 1.17. The monoisotopic (exact) mass is 754 g/mol. The number of piperidine rings is 1. The summed E-state index contributed by atoms with van der Waals surface area (Å²) in [5, 5.41) is 0. The minimum atomic E-state index is -0.546. The number of ketones is 2. The molecule has 304 valence electrons. The molecule has 2 bridgehead atoms. The fourth-order valence-corrected chi connectivity index (χ4v) is 10.1. The van der Waals surface area contributed by atoms with E-state index in [0.717, 1.165) is 44.9 Å². The van der Waals surface area contributed by atoms with E-state index in [0.29, 0.717) is 31.5 Å². The number of carbonyl (C=O) groups is 4. The minimum Gasteiger partial charge on any atom is -0.384 e. The molecule has 54 heavy (non-hydrogen) atoms. The van der Waals surface area contributed by atoms with Crippen LogP contribution in [0, 0.1) is 35.5 Å². The third-order valence-electron chi connectivity index (χ3n) is 13.4. The van der Waals surface area contributed by atoms with E-state index in [1.807, 2.05) is 50.9 Å². The molecular formula is C44H71N3O7. The second kappa shape index (κ2) is 20.5. The van der Waals surface area contributed by atoms with E-state index < -0.39 is 24.0 Å². The summed E-state index contributed by atoms with van der Waals surface area (Å²) >= 11 is 0. The van der Waals surface area contributed by atoms with Gasteiger partial charge in [-0.05, 0) is 74.8 Å². The van der Waals surface area contributed by atoms with Crippen LogP contribution in [0.15, 0.2) is 30.3 Å². The molecule has 4 rings (SSSR count). The molecule has 11 atom stereocenters. The molecule has 1 saturated carbocycles. The third kappa shape index (κ3) is 10.4. The highest BCUT2D eigenvalue weighted by molar-refractivity contribution is 5.90. The number of ether oxygens (including phenoxy) is 3. The van der Waals surface area contributed by atoms with Gasteiger partial charge in [-0.2, -0.15) is 0 Å². The van der Waals surface area contributed by atoms with Crippen LogP contribution in [0.5, 0.6) is 0 Å². The number of amides is 2. The molecule has 3 aliphatic rings. The first-order valence-electron chi connectivity index (χ1n) is 20.7. The van der Waals surface area contributed by atoms with E-state index in [2.05, 4.69) is 37.9 Å². The molecular weight excluding hydrogens is 682 g/mol. The molecule has 0 N–H and O–H groups in total. The van der Waals surface area contributed by atoms with Gasteiger partial charge < -0.3 is 24.0 Å². The van der Waals surface area contributed by atoms with Crippen molar-refractivity contribution in [1.82, 2.24) is 14.7 Å². The Kier molecular flexibility index (Phi) is 16.7. The topological polar surface area (TPSA) is 106 Å². The first-order valence-corrected chi connectivity index (χ1v) is 20.7. The summed E-state index contributed by atoms with van der Waals surface area (Å²) in [6, 6.07) is 9.94. The van der Waals surface area contributed by atoms with Gasteiger partial charge in [0, 0.05) is 72.2 Å². The first kappa shape index (κ1) is 44.1. The third-order valence-corrected chi connectivity index (χ3v) is 13.4. The molecule has 10 heteroatoms. The molecule has 1 aromatic rings. The largest absolute Gasteiger partial charge is 0.384 e. The lowest BCUT2D eigenvalue weighted by atomic mass is 9.83. The molecule has 1 aromatic carbocycles. The van der Waals surface area contributed by atoms with Crippen molar-refractivity contribution in [3.63, 3.8) is 0 Å². The number of hydrogen-bond donors (Lipinski definition) is 0. The van der Waals surface area contributed by atoms with E-state index in [-0.39, 0.29) is 72.1 Å². The maximum Gasteiger partial charge on any atom is 0.226 e. The Morgan fingerprint density at radius 1 is 0.926 bits per heavy atom. The van der Waals surface area contributed by atoms with E-state index in [4.69, 9.17) is 14.2 Å². The quantitative estimate of drug-likeness (QED) is 0.140. The Morgan fingerprint density at radius 2 is 1.63 bits per heavy atom. The van der Waals surface area contributed by atoms with Crippen LogP contribution in [0.2, 0.25) is 0 Å². The first-order chi connectivity index (χ1) is 25.8. The fourth-order valence-electron chi connectivity index (χ4n) is 10.1. The van der Waals surface area contributed by atoms with Gasteiger partial charge in [0.2, 0.25) is 11.8 Å². The highest BCUT2D eigenvalue weighted by atomic mass is 16.5. The Labute approximate surface area is 326 Å². The van der Waals surface area contributed by atoms with Crippen molar-refractivity contribution in [2.24, 2.45) is 35.5 Å². The van der Waals surface area contributed by atoms with Crippen molar-refractivity contribution < 1.29 is 33.4 Å². The highest BCUT2D eigenvalue weighted by Crippen LogP contribution is 2.42. The zero-order valence-corrected chi connectivity index (χ0v) is 35.0. The normalized spacial score (nSPS) is 25.3. The van der Waals surface area contributed by atoms with Crippen molar-refractivity contribution in [2.45, 2.75) is 135 Å². The van der Waals surface area contributed by atoms with Crippen LogP contribution < -0.4 is 0 Å². The van der Waals surface area contributed by atoms with Crippen molar-refractivity contribution in [3.8, 4) is 0 Å². The molecule has 0 aromatic heterocycles. The van der Waals surface area contributed by atoms with Gasteiger partial charge in [-0.15, -0.1) is 0 Å². The number of benzene rings is 1. The molecule has 3 fully saturated rings. The van der Waals surface area contributed by atoms with Gasteiger partial charge in [0.25, 0.3) is 0 Å². The van der Waals surface area contributed by atoms with Crippen molar-refractivity contribution in [3.05, 3.63) is 35.9 Å². The SMILES string of the molecule is CC[C@H](C)[C@@H]([C@@H](CC(=O)N1CCC[C@H]1[C@H](OC)[C@@H](C)C(=O)C[C@H](COC)Cc1ccccc1)OC)N(C)C(=O)[C@@H](CC(=O)[C@@H]1[C@H]2CC[C@H](C2)N1C)C(C)C. The average Bonchev–Trinajstić information content (AvgIpc) is 3.91. The summed E-state index contributed by atoms with van der Waals surface area (Å²) < 4.78 is 17.6. The molecule has 2 aliphatic heterocycles. The molecule has 2 amide bonds. The summed E-state index contributed by atoms with van der Waals surface area (Å²) in [5.74, 6) is -0.229. The van der Waals surface area contributed by atoms with Gasteiger partial charge in [0.1, 0.15) is 5.78 Å². The number of Topliss-reactive ketones (excluding diaryl/α,β-unsaturated/α-hetero) is 2. The Morgan fingerprint density at radius 3 is 2.20 bits per heavy atom. The van der Waals surface area contributed by atoms with Crippen LogP contribution >= 0.6 is 0 Å². The van der Waals surface area contributed by atoms with E-state index in [9.17, 15) is 19.2 Å². The van der Waals surface area contributed by atoms with Gasteiger partial charge in [0.15, 0.2) is 5.78 Å². The lowest BCUT2D eigenvalue weighted by molar-refractivity contribution is -0.149. The van der Waals surface area contributed by atoms with Crippen LogP contribution in [0.3, 0.4) is 0 Å². The summed E-state index contributed by atoms with van der Waals surface area (Å²) in [6.07, 6.45) is 6.15. The molecule has 0 spiro atoms. The zero-order valence-electron chi connectivity index (χ0n) is 35.0. The lowest BCUT2D eigenvalue weighted by Crippen LogP contribution is -2.54. The predicted octanol–water partition coefficient (Wildman–Crippen LogP) is 6.09. The Hall–Kier alpha value is -2.66. The van der Waals surface area contributed by atoms with Crippen molar-refractivity contribution in [1.29, 1.82) is 0 Å². The minimum absolute atomic E-state index is 0.0165. The standard InChI is InChI=1S/C44H71N3O7/c1-11-29(4)41(46(7)44(51)35(28(2)3)25-38(49)42-33-19-20-34(24-33)45(42)6)39(53-9)26-40(50)47-21-15-18-36(47)43(54-10)30(5)37(48)23-32(27-52-8)22-31-16-13-12-14-17-31/h12-14,16-17,28-30,32-36,39,41-43H,11,15,18-27H2,1-10H3/t29-,30-,32+,33-,34+,35-,36-,39+,41-,42-,43+/m0/s1. The van der Waals surface area contributed by atoms with Crippen LogP contribution in [-0.2, 0) is 39.8 Å². The fraction of sp³-hybridized carbons (Fsp3) is 0.773. The second-order valence-corrected chi connectivity index (χ2v) is 17.1. The Bertz CT molecular complexity index is 1370. The lowest BCUT2D eigenvalue weighted by Gasteiger charge is -2.41. The van der Waals surface area contributed by atoms with Crippen LogP contribution in [-0.4, -0.2) is 123 Å². The van der Waals surface area contributed by atoms with Gasteiger partial charge >= 0.3 is 0 Å². The van der Waals surface area contributed by atoms with E-state index in [1.54, 1.807) is 26.2 Å². The van der Waals surface area contributed by atoms with Crippen LogP contribution in [0.4, 0.5) is 0 Å². The Balaban J connectivity index is 1.45. The number of methoxy groups -OCH3 is 3. The van der Waals surface area contributed by atoms with Gasteiger partial charge in [-0.3, -0.25) is 24.1 Å². The predicted molar refractivity (Wildman–Crippen MR) is 212 cm³/mol. The highest BCUT2D eigenvalue weighted by Gasteiger charge is 2.48. The number of hydrogen-bond acceptors (Lipinski definition) is 8. The molecule has 0 radical (unpaired) electrons. The maximum absolute atomic E-state index is 14.4. The van der Waals surface area contributed by atoms with Gasteiger partial charge in [-0.25, -0.2) is 0 Å². The zero-order chi connectivity index (χ0) is 39.7. The summed E-state index contributed by atoms with van der Waals surface area (Å²) in [7, 11) is 8.80. The molecule has 2 saturated heterocycles. The second-order valence-electron chi connectivity index (χ2n) is 17.1. The van der Waals surface area contributed by atoms with Crippen LogP contribution in [0.1, 0.15) is 98.0 Å². The summed E-state index contributed by atoms with van der Waals surface area (Å²) in [4.78, 5) is 62.1. The van der Waals surface area contributed by atoms with Gasteiger partial charge in [-0.1, -0.05) is 71.4 Å². The smallest absolute Gasteiger partial charge is 0.226 e. The number of rotatable bonds is 22. The van der Waals surface area contributed by atoms with Crippen molar-refractivity contribution in [2.75, 3.05) is 48.6 Å². The van der Waals surface area contributed by atoms with E-state index in [1.165, 1.54) is 5.56 Å². The number of nitrogens with zero attached hydrogens (tertiary/aromatic N) is 3. The number of likely N-dealkylation sites (tertiary alicyclic amines) is 2.